The molecule has 25 heavy (non-hydrogen) atoms. The van der Waals surface area contributed by atoms with Gasteiger partial charge in [-0.2, -0.15) is 5.10 Å². The molecule has 0 saturated carbocycles. The Morgan fingerprint density at radius 3 is 2.40 bits per heavy atom. The van der Waals surface area contributed by atoms with Crippen molar-refractivity contribution in [2.75, 3.05) is 0 Å². The average Bonchev–Trinajstić information content (AvgIpc) is 3.01. The normalized spacial score (nSPS) is 11.3. The summed E-state index contributed by atoms with van der Waals surface area (Å²) < 4.78 is 15.7. The summed E-state index contributed by atoms with van der Waals surface area (Å²) in [4.78, 5) is 0. The van der Waals surface area contributed by atoms with Crippen molar-refractivity contribution in [1.29, 1.82) is 0 Å². The maximum absolute atomic E-state index is 13.8. The van der Waals surface area contributed by atoms with Crippen LogP contribution in [0.15, 0.2) is 48.7 Å². The van der Waals surface area contributed by atoms with E-state index >= 15 is 0 Å². The molecule has 0 spiro atoms. The Bertz CT molecular complexity index is 861. The summed E-state index contributed by atoms with van der Waals surface area (Å²) in [5, 5.41) is 4.98. The van der Waals surface area contributed by atoms with Gasteiger partial charge in [0.15, 0.2) is 0 Å². The van der Waals surface area contributed by atoms with Crippen LogP contribution in [-0.2, 0) is 0 Å². The van der Waals surface area contributed by atoms with Crippen molar-refractivity contribution < 1.29 is 4.39 Å². The summed E-state index contributed by atoms with van der Waals surface area (Å²) in [5.41, 5.74) is 4.97. The predicted molar refractivity (Wildman–Crippen MR) is 102 cm³/mol. The Morgan fingerprint density at radius 2 is 1.80 bits per heavy atom. The average molecular weight is 357 g/mol. The molecule has 0 fully saturated rings. The summed E-state index contributed by atoms with van der Waals surface area (Å²) in [6, 6.07) is 12.9. The van der Waals surface area contributed by atoms with Crippen LogP contribution in [0.1, 0.15) is 43.9 Å². The molecule has 0 unspecified atom stereocenters. The van der Waals surface area contributed by atoms with E-state index in [4.69, 9.17) is 11.6 Å². The summed E-state index contributed by atoms with van der Waals surface area (Å²) in [6.45, 7) is 6.38. The van der Waals surface area contributed by atoms with Crippen LogP contribution in [0, 0.1) is 12.7 Å². The van der Waals surface area contributed by atoms with E-state index < -0.39 is 0 Å². The number of aryl methyl sites for hydroxylation is 1. The zero-order valence-corrected chi connectivity index (χ0v) is 15.5. The van der Waals surface area contributed by atoms with Gasteiger partial charge in [0.05, 0.1) is 11.4 Å². The van der Waals surface area contributed by atoms with Crippen LogP contribution in [0.3, 0.4) is 0 Å². The van der Waals surface area contributed by atoms with E-state index in [0.717, 1.165) is 35.3 Å². The number of hydrogen-bond acceptors (Lipinski definition) is 1. The van der Waals surface area contributed by atoms with E-state index in [9.17, 15) is 4.39 Å². The number of benzene rings is 2. The van der Waals surface area contributed by atoms with Crippen LogP contribution < -0.4 is 0 Å². The van der Waals surface area contributed by atoms with Crippen LogP contribution in [0.4, 0.5) is 4.39 Å². The molecule has 3 aromatic rings. The minimum Gasteiger partial charge on any atom is -0.240 e. The molecule has 4 heteroatoms. The summed E-state index contributed by atoms with van der Waals surface area (Å²) in [7, 11) is 0. The van der Waals surface area contributed by atoms with Crippen molar-refractivity contribution >= 4 is 11.6 Å². The monoisotopic (exact) mass is 356 g/mol. The lowest BCUT2D eigenvalue weighted by Crippen LogP contribution is -2.05. The molecule has 0 N–H and O–H groups in total. The van der Waals surface area contributed by atoms with Gasteiger partial charge in [-0.25, -0.2) is 9.07 Å². The molecule has 2 aromatic carbocycles. The van der Waals surface area contributed by atoms with Gasteiger partial charge < -0.3 is 0 Å². The van der Waals surface area contributed by atoms with Crippen molar-refractivity contribution in [1.82, 2.24) is 9.78 Å². The van der Waals surface area contributed by atoms with E-state index in [1.807, 2.05) is 29.9 Å². The lowest BCUT2D eigenvalue weighted by Gasteiger charge is -2.19. The highest BCUT2D eigenvalue weighted by Crippen LogP contribution is 2.33. The van der Waals surface area contributed by atoms with Crippen molar-refractivity contribution in [3.8, 4) is 16.8 Å². The van der Waals surface area contributed by atoms with Crippen molar-refractivity contribution in [3.05, 3.63) is 70.8 Å². The zero-order chi connectivity index (χ0) is 18.0. The van der Waals surface area contributed by atoms with Gasteiger partial charge in [0.2, 0.25) is 0 Å². The highest BCUT2D eigenvalue weighted by Gasteiger charge is 2.15. The molecule has 0 aliphatic carbocycles. The summed E-state index contributed by atoms with van der Waals surface area (Å²) in [5.74, 6) is 0.132. The fourth-order valence-electron chi connectivity index (χ4n) is 3.27. The molecule has 0 amide bonds. The number of halogens is 2. The van der Waals surface area contributed by atoms with Crippen molar-refractivity contribution in [3.63, 3.8) is 0 Å². The van der Waals surface area contributed by atoms with Gasteiger partial charge in [0.25, 0.3) is 0 Å². The standard InChI is InChI=1S/C21H22ClFN2/c1-4-15(5-2)20-7-6-16(17-10-18(22)13-19(23)11-17)12-21(20)25-9-8-14(3)24-25/h6-13,15H,4-5H2,1-3H3. The Morgan fingerprint density at radius 1 is 1.04 bits per heavy atom. The fraction of sp³-hybridized carbons (Fsp3) is 0.286. The predicted octanol–water partition coefficient (Wildman–Crippen LogP) is 6.54. The quantitative estimate of drug-likeness (QED) is 0.507. The minimum absolute atomic E-state index is 0.331. The van der Waals surface area contributed by atoms with E-state index in [2.05, 4.69) is 31.1 Å². The van der Waals surface area contributed by atoms with Crippen molar-refractivity contribution in [2.24, 2.45) is 0 Å². The molecule has 0 aliphatic rings. The second-order valence-electron chi connectivity index (χ2n) is 6.35. The van der Waals surface area contributed by atoms with E-state index in [0.29, 0.717) is 10.9 Å². The molecule has 0 aliphatic heterocycles. The SMILES string of the molecule is CCC(CC)c1ccc(-c2cc(F)cc(Cl)c2)cc1-n1ccc(C)n1. The van der Waals surface area contributed by atoms with Gasteiger partial charge >= 0.3 is 0 Å². The highest BCUT2D eigenvalue weighted by atomic mass is 35.5. The largest absolute Gasteiger partial charge is 0.240 e. The Hall–Kier alpha value is -2.13. The maximum atomic E-state index is 13.8. The summed E-state index contributed by atoms with van der Waals surface area (Å²) >= 11 is 6.03. The van der Waals surface area contributed by atoms with Crippen molar-refractivity contribution in [2.45, 2.75) is 39.5 Å². The second kappa shape index (κ2) is 7.40. The summed E-state index contributed by atoms with van der Waals surface area (Å²) in [6.07, 6.45) is 4.10. The first-order chi connectivity index (χ1) is 12.0. The number of rotatable bonds is 5. The molecule has 0 atom stereocenters. The fourth-order valence-corrected chi connectivity index (χ4v) is 3.49. The molecule has 1 aromatic heterocycles. The molecule has 2 nitrogen and oxygen atoms in total. The van der Waals surface area contributed by atoms with Gasteiger partial charge in [0.1, 0.15) is 5.82 Å². The first-order valence-corrected chi connectivity index (χ1v) is 9.02. The first-order valence-electron chi connectivity index (χ1n) is 8.64. The highest BCUT2D eigenvalue weighted by molar-refractivity contribution is 6.30. The smallest absolute Gasteiger partial charge is 0.125 e. The van der Waals surface area contributed by atoms with Gasteiger partial charge in [-0.1, -0.05) is 37.6 Å². The van der Waals surface area contributed by atoms with E-state index in [1.54, 1.807) is 6.07 Å². The van der Waals surface area contributed by atoms with Gasteiger partial charge in [-0.05, 0) is 72.7 Å². The Kier molecular flexibility index (Phi) is 5.24. The third-order valence-electron chi connectivity index (χ3n) is 4.62. The molecule has 0 saturated heterocycles. The number of nitrogens with zero attached hydrogens (tertiary/aromatic N) is 2. The lowest BCUT2D eigenvalue weighted by atomic mass is 9.90. The third kappa shape index (κ3) is 3.77. The molecular weight excluding hydrogens is 335 g/mol. The van der Waals surface area contributed by atoms with Gasteiger partial charge in [-0.3, -0.25) is 0 Å². The number of aromatic nitrogens is 2. The molecule has 1 heterocycles. The molecule has 130 valence electrons. The van der Waals surface area contributed by atoms with Crippen LogP contribution in [0.25, 0.3) is 16.8 Å². The van der Waals surface area contributed by atoms with Crippen LogP contribution >= 0.6 is 11.6 Å². The van der Waals surface area contributed by atoms with Gasteiger partial charge in [-0.15, -0.1) is 0 Å². The Balaban J connectivity index is 2.17. The first kappa shape index (κ1) is 17.7. The number of hydrogen-bond donors (Lipinski definition) is 0. The second-order valence-corrected chi connectivity index (χ2v) is 6.78. The van der Waals surface area contributed by atoms with Gasteiger partial charge in [0, 0.05) is 11.2 Å². The van der Waals surface area contributed by atoms with E-state index in [-0.39, 0.29) is 5.82 Å². The third-order valence-corrected chi connectivity index (χ3v) is 4.84. The molecule has 0 radical (unpaired) electrons. The van der Waals surface area contributed by atoms with Crippen LogP contribution in [-0.4, -0.2) is 9.78 Å². The molecule has 3 rings (SSSR count). The molecule has 0 bridgehead atoms. The Labute approximate surface area is 153 Å². The topological polar surface area (TPSA) is 17.8 Å². The van der Waals surface area contributed by atoms with Crippen LogP contribution in [0.2, 0.25) is 5.02 Å². The van der Waals surface area contributed by atoms with E-state index in [1.165, 1.54) is 17.7 Å². The lowest BCUT2D eigenvalue weighted by molar-refractivity contribution is 0.628. The maximum Gasteiger partial charge on any atom is 0.125 e. The van der Waals surface area contributed by atoms with Crippen LogP contribution in [0.5, 0.6) is 0 Å². The minimum atomic E-state index is -0.331. The zero-order valence-electron chi connectivity index (χ0n) is 14.8. The molecular formula is C21H22ClFN2.